The number of rotatable bonds is 8. The summed E-state index contributed by atoms with van der Waals surface area (Å²) in [6.07, 6.45) is 1.95. The van der Waals surface area contributed by atoms with Gasteiger partial charge in [0.15, 0.2) is 5.13 Å². The van der Waals surface area contributed by atoms with E-state index < -0.39 is 6.17 Å². The molecule has 2 aromatic heterocycles. The lowest BCUT2D eigenvalue weighted by Crippen LogP contribution is -2.40. The maximum absolute atomic E-state index is 13.4. The average Bonchev–Trinajstić information content (AvgIpc) is 3.24. The molecule has 2 fully saturated rings. The number of nitrogens with one attached hydrogen (secondary N) is 1. The highest BCUT2D eigenvalue weighted by atomic mass is 32.1. The first-order valence-electron chi connectivity index (χ1n) is 10.1. The zero-order chi connectivity index (χ0) is 20.4. The Kier molecular flexibility index (Phi) is 6.15. The number of alkyl halides is 1. The predicted molar refractivity (Wildman–Crippen MR) is 110 cm³/mol. The predicted octanol–water partition coefficient (Wildman–Crippen LogP) is 2.94. The molecule has 0 unspecified atom stereocenters. The Morgan fingerprint density at radius 1 is 1.41 bits per heavy atom. The Balaban J connectivity index is 1.22. The van der Waals surface area contributed by atoms with Gasteiger partial charge < -0.3 is 19.7 Å². The average molecular weight is 423 g/mol. The normalized spacial score (nSPS) is 25.1. The fraction of sp³-hybridized carbons (Fsp3) is 0.650. The number of carbonyl (C=O) groups is 1. The third-order valence-corrected chi connectivity index (χ3v) is 6.34. The Morgan fingerprint density at radius 3 is 2.97 bits per heavy atom. The van der Waals surface area contributed by atoms with E-state index in [9.17, 15) is 9.18 Å². The maximum Gasteiger partial charge on any atom is 0.217 e. The molecule has 2 aliphatic rings. The van der Waals surface area contributed by atoms with Crippen molar-refractivity contribution in [3.8, 4) is 5.88 Å². The van der Waals surface area contributed by atoms with E-state index in [4.69, 9.17) is 9.47 Å². The Hall–Kier alpha value is -2.00. The van der Waals surface area contributed by atoms with Gasteiger partial charge in [0, 0.05) is 25.6 Å². The number of nitrogens with zero attached hydrogens (tertiary/aromatic N) is 3. The number of aromatic nitrogens is 2. The van der Waals surface area contributed by atoms with Crippen molar-refractivity contribution in [2.45, 2.75) is 51.4 Å². The molecule has 2 atom stereocenters. The fourth-order valence-corrected chi connectivity index (χ4v) is 4.68. The number of anilines is 1. The van der Waals surface area contributed by atoms with Crippen LogP contribution in [0.5, 0.6) is 5.88 Å². The minimum atomic E-state index is -0.766. The van der Waals surface area contributed by atoms with Crippen molar-refractivity contribution in [1.29, 1.82) is 0 Å². The molecule has 2 aromatic rings. The van der Waals surface area contributed by atoms with E-state index >= 15 is 0 Å². The van der Waals surface area contributed by atoms with Crippen LogP contribution in [0.3, 0.4) is 0 Å². The number of ether oxygens (including phenoxy) is 2. The first kappa shape index (κ1) is 20.3. The molecule has 0 bridgehead atoms. The summed E-state index contributed by atoms with van der Waals surface area (Å²) in [4.78, 5) is 23.0. The molecular weight excluding hydrogens is 395 g/mol. The monoisotopic (exact) mass is 422 g/mol. The first-order chi connectivity index (χ1) is 14.0. The van der Waals surface area contributed by atoms with Crippen molar-refractivity contribution in [2.75, 3.05) is 31.2 Å². The van der Waals surface area contributed by atoms with Crippen molar-refractivity contribution < 1.29 is 18.7 Å². The van der Waals surface area contributed by atoms with Crippen LogP contribution in [0.2, 0.25) is 0 Å². The standard InChI is InChI=1S/C20H27FN4O3S/c1-12(22-13(2)26)10-27-16-7-14(8-16)11-28-18-4-3-17-19(24-18)29-20(23-17)25-6-5-15(21)9-25/h3-4,12,14-16H,5-11H2,1-2H3,(H,22,26)/t12-,14?,15+,16?/m0/s1. The summed E-state index contributed by atoms with van der Waals surface area (Å²) in [6.45, 7) is 5.71. The highest BCUT2D eigenvalue weighted by Gasteiger charge is 2.31. The summed E-state index contributed by atoms with van der Waals surface area (Å²) in [5.74, 6) is 1.02. The zero-order valence-electron chi connectivity index (χ0n) is 16.8. The van der Waals surface area contributed by atoms with Crippen LogP contribution in [0.25, 0.3) is 10.3 Å². The zero-order valence-corrected chi connectivity index (χ0v) is 17.6. The van der Waals surface area contributed by atoms with Crippen LogP contribution in [0.15, 0.2) is 12.1 Å². The number of thiazole rings is 1. The molecule has 0 aromatic carbocycles. The van der Waals surface area contributed by atoms with Gasteiger partial charge in [0.05, 0.1) is 25.9 Å². The smallest absolute Gasteiger partial charge is 0.217 e. The van der Waals surface area contributed by atoms with Crippen LogP contribution in [0.4, 0.5) is 9.52 Å². The maximum atomic E-state index is 13.4. The number of hydrogen-bond acceptors (Lipinski definition) is 7. The van der Waals surface area contributed by atoms with Gasteiger partial charge in [0.1, 0.15) is 16.5 Å². The summed E-state index contributed by atoms with van der Waals surface area (Å²) in [7, 11) is 0. The second kappa shape index (κ2) is 8.79. The fourth-order valence-electron chi connectivity index (χ4n) is 3.71. The number of hydrogen-bond donors (Lipinski definition) is 1. The van der Waals surface area contributed by atoms with E-state index in [0.717, 1.165) is 28.3 Å². The van der Waals surface area contributed by atoms with E-state index in [1.807, 2.05) is 24.0 Å². The summed E-state index contributed by atoms with van der Waals surface area (Å²) < 4.78 is 25.1. The van der Waals surface area contributed by atoms with E-state index in [-0.39, 0.29) is 18.1 Å². The number of fused-ring (bicyclic) bond motifs is 1. The lowest BCUT2D eigenvalue weighted by Gasteiger charge is -2.35. The highest BCUT2D eigenvalue weighted by Crippen LogP contribution is 2.33. The molecule has 1 aliphatic heterocycles. The molecule has 1 saturated carbocycles. The molecule has 1 aliphatic carbocycles. The van der Waals surface area contributed by atoms with Crippen LogP contribution < -0.4 is 15.0 Å². The third-order valence-electron chi connectivity index (χ3n) is 5.31. The first-order valence-corrected chi connectivity index (χ1v) is 11.0. The van der Waals surface area contributed by atoms with Crippen molar-refractivity contribution >= 4 is 32.7 Å². The van der Waals surface area contributed by atoms with Crippen LogP contribution in [0.1, 0.15) is 33.1 Å². The molecule has 9 heteroatoms. The number of carbonyl (C=O) groups excluding carboxylic acids is 1. The molecule has 3 heterocycles. The lowest BCUT2D eigenvalue weighted by atomic mass is 9.83. The van der Waals surface area contributed by atoms with Crippen LogP contribution in [-0.4, -0.2) is 60.5 Å². The van der Waals surface area contributed by atoms with Crippen molar-refractivity contribution in [3.63, 3.8) is 0 Å². The van der Waals surface area contributed by atoms with Gasteiger partial charge in [-0.25, -0.2) is 14.4 Å². The highest BCUT2D eigenvalue weighted by molar-refractivity contribution is 7.21. The molecule has 29 heavy (non-hydrogen) atoms. The van der Waals surface area contributed by atoms with E-state index in [0.29, 0.717) is 44.5 Å². The van der Waals surface area contributed by atoms with Gasteiger partial charge in [0.2, 0.25) is 11.8 Å². The van der Waals surface area contributed by atoms with Gasteiger partial charge in [-0.05, 0) is 38.2 Å². The van der Waals surface area contributed by atoms with Gasteiger partial charge in [-0.15, -0.1) is 0 Å². The minimum Gasteiger partial charge on any atom is -0.477 e. The summed E-state index contributed by atoms with van der Waals surface area (Å²) in [5.41, 5.74) is 0.824. The summed E-state index contributed by atoms with van der Waals surface area (Å²) in [6, 6.07) is 3.78. The second-order valence-corrected chi connectivity index (χ2v) is 8.96. The molecule has 1 N–H and O–H groups in total. The second-order valence-electron chi connectivity index (χ2n) is 8.01. The SMILES string of the molecule is CC(=O)N[C@@H](C)COC1CC(COc2ccc3nc(N4CC[C@@H](F)C4)sc3n2)C1. The molecule has 7 nitrogen and oxygen atoms in total. The summed E-state index contributed by atoms with van der Waals surface area (Å²) >= 11 is 1.49. The minimum absolute atomic E-state index is 0.0272. The Bertz CT molecular complexity index is 857. The topological polar surface area (TPSA) is 76.6 Å². The van der Waals surface area contributed by atoms with E-state index in [2.05, 4.69) is 15.3 Å². The molecule has 0 spiro atoms. The van der Waals surface area contributed by atoms with Crippen molar-refractivity contribution in [1.82, 2.24) is 15.3 Å². The lowest BCUT2D eigenvalue weighted by molar-refractivity contribution is -0.120. The van der Waals surface area contributed by atoms with Crippen molar-refractivity contribution in [3.05, 3.63) is 12.1 Å². The molecule has 1 saturated heterocycles. The number of amides is 1. The molecule has 158 valence electrons. The van der Waals surface area contributed by atoms with Crippen molar-refractivity contribution in [2.24, 2.45) is 5.92 Å². The van der Waals surface area contributed by atoms with Crippen LogP contribution in [-0.2, 0) is 9.53 Å². The Morgan fingerprint density at radius 2 is 2.24 bits per heavy atom. The van der Waals surface area contributed by atoms with E-state index in [1.54, 1.807) is 0 Å². The summed E-state index contributed by atoms with van der Waals surface area (Å²) in [5, 5.41) is 3.65. The number of halogens is 1. The Labute approximate surface area is 173 Å². The number of pyridine rings is 1. The van der Waals surface area contributed by atoms with Gasteiger partial charge in [-0.1, -0.05) is 11.3 Å². The molecule has 0 radical (unpaired) electrons. The van der Waals surface area contributed by atoms with E-state index in [1.165, 1.54) is 18.3 Å². The largest absolute Gasteiger partial charge is 0.477 e. The van der Waals surface area contributed by atoms with Crippen LogP contribution in [0, 0.1) is 5.92 Å². The van der Waals surface area contributed by atoms with Crippen LogP contribution >= 0.6 is 11.3 Å². The molecule has 4 rings (SSSR count). The van der Waals surface area contributed by atoms with Gasteiger partial charge in [-0.2, -0.15) is 0 Å². The quantitative estimate of drug-likeness (QED) is 0.705. The molecule has 1 amide bonds. The third kappa shape index (κ3) is 5.14. The van der Waals surface area contributed by atoms with Gasteiger partial charge in [-0.3, -0.25) is 4.79 Å². The van der Waals surface area contributed by atoms with Gasteiger partial charge in [0.25, 0.3) is 0 Å². The molecular formula is C20H27FN4O3S. The van der Waals surface area contributed by atoms with Gasteiger partial charge >= 0.3 is 0 Å².